The Kier molecular flexibility index (Phi) is 8.55. The first-order chi connectivity index (χ1) is 17.1. The topological polar surface area (TPSA) is 75.4 Å². The van der Waals surface area contributed by atoms with Crippen LogP contribution < -0.4 is 4.90 Å². The van der Waals surface area contributed by atoms with Crippen molar-refractivity contribution in [1.82, 2.24) is 9.55 Å². The van der Waals surface area contributed by atoms with Gasteiger partial charge in [-0.25, -0.2) is 9.78 Å². The minimum atomic E-state index is -0.934. The van der Waals surface area contributed by atoms with E-state index >= 15 is 0 Å². The molecule has 2 aliphatic rings. The number of amides is 1. The third kappa shape index (κ3) is 6.01. The first-order valence-corrected chi connectivity index (χ1v) is 15.2. The van der Waals surface area contributed by atoms with Gasteiger partial charge in [-0.3, -0.25) is 4.79 Å². The van der Waals surface area contributed by atoms with Gasteiger partial charge in [0.05, 0.1) is 5.69 Å². The summed E-state index contributed by atoms with van der Waals surface area (Å²) in [4.78, 5) is 34.2. The predicted molar refractivity (Wildman–Crippen MR) is 148 cm³/mol. The molecule has 8 heteroatoms. The number of imidazole rings is 1. The van der Waals surface area contributed by atoms with Gasteiger partial charge in [0, 0.05) is 41.0 Å². The summed E-state index contributed by atoms with van der Waals surface area (Å²) >= 11 is 3.17. The quantitative estimate of drug-likeness (QED) is 0.408. The Hall–Kier alpha value is -1.80. The Morgan fingerprint density at radius 2 is 1.81 bits per heavy atom. The second kappa shape index (κ2) is 11.3. The van der Waals surface area contributed by atoms with Gasteiger partial charge < -0.3 is 14.6 Å². The number of thioether (sulfide) groups is 1. The number of aromatic nitrogens is 2. The molecule has 0 saturated heterocycles. The van der Waals surface area contributed by atoms with Crippen LogP contribution in [-0.2, 0) is 16.8 Å². The van der Waals surface area contributed by atoms with Gasteiger partial charge in [0.1, 0.15) is 4.88 Å². The Morgan fingerprint density at radius 3 is 2.39 bits per heavy atom. The van der Waals surface area contributed by atoms with Crippen molar-refractivity contribution >= 4 is 40.7 Å². The summed E-state index contributed by atoms with van der Waals surface area (Å²) in [6.07, 6.45) is 11.6. The van der Waals surface area contributed by atoms with Crippen LogP contribution in [0.4, 0.5) is 5.69 Å². The van der Waals surface area contributed by atoms with E-state index in [4.69, 9.17) is 0 Å². The molecule has 0 bridgehead atoms. The summed E-state index contributed by atoms with van der Waals surface area (Å²) in [6, 6.07) is 2.04. The van der Waals surface area contributed by atoms with Crippen LogP contribution in [0.5, 0.6) is 0 Å². The highest BCUT2D eigenvalue weighted by Gasteiger charge is 2.38. The molecule has 0 radical (unpaired) electrons. The molecule has 0 aromatic carbocycles. The molecule has 198 valence electrons. The fourth-order valence-electron chi connectivity index (χ4n) is 5.51. The smallest absolute Gasteiger partial charge is 0.348 e. The monoisotopic (exact) mass is 531 g/mol. The number of nitrogens with zero attached hydrogens (tertiary/aromatic N) is 3. The second-order valence-electron chi connectivity index (χ2n) is 11.6. The Balaban J connectivity index is 1.59. The molecule has 2 aliphatic carbocycles. The fourth-order valence-corrected chi connectivity index (χ4v) is 7.81. The highest BCUT2D eigenvalue weighted by atomic mass is 32.2. The van der Waals surface area contributed by atoms with Crippen molar-refractivity contribution in [3.8, 4) is 0 Å². The van der Waals surface area contributed by atoms with Crippen LogP contribution in [-0.4, -0.2) is 37.8 Å². The molecule has 6 nitrogen and oxygen atoms in total. The molecule has 2 aromatic rings. The molecule has 36 heavy (non-hydrogen) atoms. The zero-order valence-corrected chi connectivity index (χ0v) is 24.0. The number of carbonyl (C=O) groups is 2. The first-order valence-electron chi connectivity index (χ1n) is 13.5. The van der Waals surface area contributed by atoms with Crippen molar-refractivity contribution in [2.24, 2.45) is 11.8 Å². The van der Waals surface area contributed by atoms with E-state index in [0.717, 1.165) is 67.9 Å². The van der Waals surface area contributed by atoms with E-state index in [1.807, 2.05) is 35.1 Å². The van der Waals surface area contributed by atoms with Crippen LogP contribution in [0.25, 0.3) is 0 Å². The van der Waals surface area contributed by atoms with Crippen LogP contribution >= 0.6 is 23.1 Å². The van der Waals surface area contributed by atoms with Crippen LogP contribution in [0, 0.1) is 11.8 Å². The van der Waals surface area contributed by atoms with Crippen molar-refractivity contribution < 1.29 is 14.7 Å². The van der Waals surface area contributed by atoms with E-state index in [0.29, 0.717) is 21.7 Å². The van der Waals surface area contributed by atoms with Gasteiger partial charge in [0.15, 0.2) is 5.16 Å². The van der Waals surface area contributed by atoms with E-state index in [1.54, 1.807) is 0 Å². The highest BCUT2D eigenvalue weighted by molar-refractivity contribution is 7.99. The lowest BCUT2D eigenvalue weighted by atomic mass is 9.81. The van der Waals surface area contributed by atoms with Gasteiger partial charge in [-0.05, 0) is 75.7 Å². The molecule has 0 aliphatic heterocycles. The average Bonchev–Trinajstić information content (AvgIpc) is 3.48. The van der Waals surface area contributed by atoms with Crippen LogP contribution in [0.2, 0.25) is 0 Å². The summed E-state index contributed by atoms with van der Waals surface area (Å²) in [5.41, 5.74) is 0.455. The van der Waals surface area contributed by atoms with Gasteiger partial charge in [0.25, 0.3) is 0 Å². The molecule has 2 heterocycles. The van der Waals surface area contributed by atoms with E-state index < -0.39 is 5.97 Å². The number of carboxylic acids is 1. The summed E-state index contributed by atoms with van der Waals surface area (Å²) in [6.45, 7) is 11.6. The number of anilines is 1. The van der Waals surface area contributed by atoms with E-state index in [9.17, 15) is 14.7 Å². The number of hydrogen-bond donors (Lipinski definition) is 1. The number of aryl methyl sites for hydroxylation is 1. The molecule has 4 rings (SSSR count). The molecular weight excluding hydrogens is 490 g/mol. The van der Waals surface area contributed by atoms with Crippen molar-refractivity contribution in [2.75, 3.05) is 4.90 Å². The summed E-state index contributed by atoms with van der Waals surface area (Å²) in [7, 11) is 0. The lowest BCUT2D eigenvalue weighted by molar-refractivity contribution is -0.124. The summed E-state index contributed by atoms with van der Waals surface area (Å²) in [5, 5.41) is 11.6. The maximum Gasteiger partial charge on any atom is 0.348 e. The van der Waals surface area contributed by atoms with Crippen LogP contribution in [0.15, 0.2) is 23.6 Å². The first kappa shape index (κ1) is 27.2. The summed E-state index contributed by atoms with van der Waals surface area (Å²) < 4.78 is 2.18. The Bertz CT molecular complexity index is 1050. The van der Waals surface area contributed by atoms with Crippen molar-refractivity contribution in [3.63, 3.8) is 0 Å². The minimum Gasteiger partial charge on any atom is -0.477 e. The van der Waals surface area contributed by atoms with Gasteiger partial charge in [-0.2, -0.15) is 0 Å². The summed E-state index contributed by atoms with van der Waals surface area (Å²) in [5.74, 6) is -0.143. The Morgan fingerprint density at radius 1 is 1.14 bits per heavy atom. The predicted octanol–water partition coefficient (Wildman–Crippen LogP) is 7.22. The fraction of sp³-hybridized carbons (Fsp3) is 0.679. The number of thiophene rings is 1. The number of aromatic carboxylic acids is 1. The van der Waals surface area contributed by atoms with Gasteiger partial charge in [-0.1, -0.05) is 39.5 Å². The van der Waals surface area contributed by atoms with Crippen LogP contribution in [0.3, 0.4) is 0 Å². The second-order valence-corrected chi connectivity index (χ2v) is 13.9. The van der Waals surface area contributed by atoms with Gasteiger partial charge in [-0.15, -0.1) is 11.3 Å². The zero-order valence-electron chi connectivity index (χ0n) is 22.3. The van der Waals surface area contributed by atoms with Crippen molar-refractivity contribution in [3.05, 3.63) is 28.2 Å². The number of carboxylic acid groups (broad SMARTS) is 1. The normalized spacial score (nSPS) is 25.0. The van der Waals surface area contributed by atoms with Crippen molar-refractivity contribution in [1.29, 1.82) is 0 Å². The SMILES string of the molecule is CCn1ccnc1S[C@H]1CC[C@H](N(c2cc(C(C)(C)C)sc2C(=O)O)C(=O)[C@H]2CC[C@H](C)CC2)CC1. The zero-order chi connectivity index (χ0) is 26.0. The number of carbonyl (C=O) groups excluding carboxylic acids is 1. The lowest BCUT2D eigenvalue weighted by Gasteiger charge is -2.39. The average molecular weight is 532 g/mol. The molecule has 1 amide bonds. The molecule has 0 unspecified atom stereocenters. The third-order valence-corrected chi connectivity index (χ3v) is 10.7. The van der Waals surface area contributed by atoms with Gasteiger partial charge >= 0.3 is 5.97 Å². The maximum absolute atomic E-state index is 14.1. The molecule has 2 fully saturated rings. The maximum atomic E-state index is 14.1. The highest BCUT2D eigenvalue weighted by Crippen LogP contribution is 2.43. The molecule has 0 spiro atoms. The Labute approximate surface area is 223 Å². The molecular formula is C28H41N3O3S2. The van der Waals surface area contributed by atoms with E-state index in [1.165, 1.54) is 11.3 Å². The van der Waals surface area contributed by atoms with E-state index in [2.05, 4.69) is 44.2 Å². The lowest BCUT2D eigenvalue weighted by Crippen LogP contribution is -2.46. The minimum absolute atomic E-state index is 0.00930. The molecule has 1 N–H and O–H groups in total. The van der Waals surface area contributed by atoms with Gasteiger partial charge in [0.2, 0.25) is 5.91 Å². The van der Waals surface area contributed by atoms with Crippen LogP contribution in [0.1, 0.15) is 101 Å². The molecule has 0 atom stereocenters. The third-order valence-electron chi connectivity index (χ3n) is 7.81. The number of hydrogen-bond acceptors (Lipinski definition) is 5. The molecule has 2 aromatic heterocycles. The number of rotatable bonds is 7. The van der Waals surface area contributed by atoms with E-state index in [-0.39, 0.29) is 23.3 Å². The molecule has 2 saturated carbocycles. The standard InChI is InChI=1S/C28H41N3O3S2/c1-6-30-16-15-29-27(30)35-21-13-11-20(12-14-21)31(25(32)19-9-7-18(2)8-10-19)22-17-23(28(3,4)5)36-24(22)26(33)34/h15-21H,6-14H2,1-5H3,(H,33,34)/t18-,19-,20-,21-. The largest absolute Gasteiger partial charge is 0.477 e. The van der Waals surface area contributed by atoms with Crippen molar-refractivity contribution in [2.45, 2.75) is 114 Å².